The predicted molar refractivity (Wildman–Crippen MR) is 128 cm³/mol. The van der Waals surface area contributed by atoms with Crippen LogP contribution < -0.4 is 0 Å². The lowest BCUT2D eigenvalue weighted by Gasteiger charge is -2.74. The Morgan fingerprint density at radius 1 is 1.14 bits per heavy atom. The minimum Gasteiger partial charge on any atom is -0.460 e. The number of rotatable bonds is 7. The molecular weight excluding hydrogens is 448 g/mol. The highest BCUT2D eigenvalue weighted by atomic mass is 16.6. The van der Waals surface area contributed by atoms with Gasteiger partial charge in [0.25, 0.3) is 0 Å². The monoisotopic (exact) mass is 490 g/mol. The fourth-order valence-corrected chi connectivity index (χ4v) is 9.11. The van der Waals surface area contributed by atoms with Gasteiger partial charge in [0.05, 0.1) is 12.7 Å². The Hall–Kier alpha value is -1.28. The summed E-state index contributed by atoms with van der Waals surface area (Å²) in [7, 11) is 0. The van der Waals surface area contributed by atoms with Crippen molar-refractivity contribution < 1.29 is 34.4 Å². The fraction of sp³-hybridized carbons (Fsp3) is 0.857. The molecule has 3 N–H and O–H groups in total. The largest absolute Gasteiger partial charge is 0.460 e. The number of Topliss-reactive ketones (excluding diaryl/α,β-unsaturated/α-hetero) is 1. The normalized spacial score (nSPS) is 47.4. The van der Waals surface area contributed by atoms with E-state index in [0.717, 1.165) is 25.7 Å². The van der Waals surface area contributed by atoms with E-state index in [-0.39, 0.29) is 24.2 Å². The molecule has 6 fully saturated rings. The van der Waals surface area contributed by atoms with Gasteiger partial charge in [-0.05, 0) is 49.0 Å². The molecular formula is C28H42O7. The molecule has 6 rings (SSSR count). The molecule has 4 aliphatic carbocycles. The zero-order valence-corrected chi connectivity index (χ0v) is 21.4. The Morgan fingerprint density at radius 2 is 1.86 bits per heavy atom. The van der Waals surface area contributed by atoms with Crippen molar-refractivity contribution in [2.45, 2.75) is 109 Å². The van der Waals surface area contributed by atoms with Crippen molar-refractivity contribution >= 4 is 11.8 Å². The van der Waals surface area contributed by atoms with E-state index in [0.29, 0.717) is 37.7 Å². The van der Waals surface area contributed by atoms with Gasteiger partial charge >= 0.3 is 5.97 Å². The van der Waals surface area contributed by atoms with Crippen LogP contribution in [-0.4, -0.2) is 57.8 Å². The molecule has 0 aromatic rings. The first-order valence-corrected chi connectivity index (χ1v) is 13.7. The number of ether oxygens (including phenoxy) is 2. The first kappa shape index (κ1) is 25.4. The first-order valence-electron chi connectivity index (χ1n) is 13.7. The smallest absolute Gasteiger partial charge is 0.306 e. The third-order valence-corrected chi connectivity index (χ3v) is 10.6. The van der Waals surface area contributed by atoms with Crippen LogP contribution in [-0.2, 0) is 19.1 Å². The standard InChI is InChI=1S/C28H42O7/c1-5-6-7-8-9-10-20(30)35-24-17-11-12-18-26-15-34-28(33,27(18,24)22(31)16(17)2)23(32)21(26)25(3,4)14-13-19(26)29/h17-19,21,23-24,29,32-33H,2,5-15H2,1,3-4H3/t17-,18-,19-,21+,23-,24+,26+,27-,28+/m0/s1. The number of carbonyl (C=O) groups excluding carboxylic acids is 2. The molecule has 35 heavy (non-hydrogen) atoms. The predicted octanol–water partition coefficient (Wildman–Crippen LogP) is 3.29. The molecule has 0 aromatic carbocycles. The van der Waals surface area contributed by atoms with Crippen LogP contribution in [0.5, 0.6) is 0 Å². The van der Waals surface area contributed by atoms with E-state index in [1.54, 1.807) is 0 Å². The fourth-order valence-electron chi connectivity index (χ4n) is 9.11. The summed E-state index contributed by atoms with van der Waals surface area (Å²) in [6, 6.07) is 0. The van der Waals surface area contributed by atoms with Gasteiger partial charge in [0.15, 0.2) is 5.78 Å². The molecule has 4 saturated carbocycles. The number of fused-ring (bicyclic) bond motifs is 2. The molecule has 0 aromatic heterocycles. The minimum atomic E-state index is -2.19. The molecule has 6 aliphatic rings. The van der Waals surface area contributed by atoms with Gasteiger partial charge in [-0.2, -0.15) is 0 Å². The van der Waals surface area contributed by atoms with Crippen molar-refractivity contribution in [2.24, 2.45) is 34.0 Å². The SMILES string of the molecule is C=C1C(=O)[C@]23[C@H](OC(=O)CCCCCCC)[C@H]1CC[C@H]2[C@@]12CO[C@]3(O)[C@@H](O)[C@@H]1C(C)(C)CC[C@@H]2O. The van der Waals surface area contributed by atoms with Crippen molar-refractivity contribution in [3.05, 3.63) is 12.2 Å². The lowest BCUT2D eigenvalue weighted by molar-refractivity contribution is -0.458. The summed E-state index contributed by atoms with van der Waals surface area (Å²) in [5.74, 6) is -4.29. The molecule has 7 heteroatoms. The Morgan fingerprint density at radius 3 is 2.57 bits per heavy atom. The number of ketones is 1. The van der Waals surface area contributed by atoms with Crippen molar-refractivity contribution in [2.75, 3.05) is 6.61 Å². The molecule has 7 nitrogen and oxygen atoms in total. The second-order valence-corrected chi connectivity index (χ2v) is 12.6. The maximum Gasteiger partial charge on any atom is 0.306 e. The van der Waals surface area contributed by atoms with Crippen molar-refractivity contribution in [3.8, 4) is 0 Å². The molecule has 2 saturated heterocycles. The van der Waals surface area contributed by atoms with Gasteiger partial charge in [-0.15, -0.1) is 0 Å². The number of esters is 1. The summed E-state index contributed by atoms with van der Waals surface area (Å²) in [5.41, 5.74) is -2.57. The average molecular weight is 491 g/mol. The topological polar surface area (TPSA) is 113 Å². The highest BCUT2D eigenvalue weighted by Gasteiger charge is 2.87. The summed E-state index contributed by atoms with van der Waals surface area (Å²) in [5, 5.41) is 35.3. The van der Waals surface area contributed by atoms with E-state index in [2.05, 4.69) is 27.4 Å². The second kappa shape index (κ2) is 8.37. The van der Waals surface area contributed by atoms with Gasteiger partial charge in [-0.3, -0.25) is 9.59 Å². The van der Waals surface area contributed by atoms with E-state index in [9.17, 15) is 24.9 Å². The van der Waals surface area contributed by atoms with Crippen LogP contribution in [0.2, 0.25) is 0 Å². The summed E-state index contributed by atoms with van der Waals surface area (Å²) < 4.78 is 12.1. The second-order valence-electron chi connectivity index (χ2n) is 12.6. The van der Waals surface area contributed by atoms with Crippen LogP contribution in [0.25, 0.3) is 0 Å². The maximum absolute atomic E-state index is 14.0. The van der Waals surface area contributed by atoms with Gasteiger partial charge < -0.3 is 24.8 Å². The first-order chi connectivity index (χ1) is 16.5. The summed E-state index contributed by atoms with van der Waals surface area (Å²) in [6.45, 7) is 10.4. The Kier molecular flexibility index (Phi) is 6.07. The van der Waals surface area contributed by atoms with Gasteiger partial charge in [-0.25, -0.2) is 0 Å². The molecule has 2 heterocycles. The summed E-state index contributed by atoms with van der Waals surface area (Å²) in [6.07, 6.45) is 4.51. The third-order valence-electron chi connectivity index (χ3n) is 10.6. The molecule has 0 unspecified atom stereocenters. The Labute approximate surface area is 208 Å². The van der Waals surface area contributed by atoms with E-state index in [1.807, 2.05) is 0 Å². The molecule has 4 bridgehead atoms. The third kappa shape index (κ3) is 3.04. The zero-order chi connectivity index (χ0) is 25.4. The van der Waals surface area contributed by atoms with Gasteiger partial charge in [0.1, 0.15) is 17.6 Å². The summed E-state index contributed by atoms with van der Waals surface area (Å²) in [4.78, 5) is 27.0. The van der Waals surface area contributed by atoms with Crippen LogP contribution in [0.4, 0.5) is 0 Å². The van der Waals surface area contributed by atoms with E-state index < -0.39 is 58.7 Å². The average Bonchev–Trinajstić information content (AvgIpc) is 2.92. The number of aliphatic hydroxyl groups is 3. The highest BCUT2D eigenvalue weighted by Crippen LogP contribution is 2.76. The highest BCUT2D eigenvalue weighted by molar-refractivity contribution is 6.05. The van der Waals surface area contributed by atoms with E-state index in [4.69, 9.17) is 9.47 Å². The van der Waals surface area contributed by atoms with Crippen LogP contribution >= 0.6 is 0 Å². The number of unbranched alkanes of at least 4 members (excludes halogenated alkanes) is 4. The van der Waals surface area contributed by atoms with Gasteiger partial charge in [-0.1, -0.05) is 53.0 Å². The number of hydrogen-bond acceptors (Lipinski definition) is 7. The maximum atomic E-state index is 14.0. The quantitative estimate of drug-likeness (QED) is 0.285. The van der Waals surface area contributed by atoms with Crippen LogP contribution in [0, 0.1) is 34.0 Å². The lowest BCUT2D eigenvalue weighted by atomic mass is 9.35. The summed E-state index contributed by atoms with van der Waals surface area (Å²) >= 11 is 0. The number of hydrogen-bond donors (Lipinski definition) is 3. The van der Waals surface area contributed by atoms with Gasteiger partial charge in [0.2, 0.25) is 5.79 Å². The number of carbonyl (C=O) groups is 2. The molecule has 196 valence electrons. The van der Waals surface area contributed by atoms with Gasteiger partial charge in [0, 0.05) is 23.7 Å². The van der Waals surface area contributed by atoms with Crippen molar-refractivity contribution in [1.29, 1.82) is 0 Å². The molecule has 0 radical (unpaired) electrons. The molecule has 9 atom stereocenters. The molecule has 0 amide bonds. The van der Waals surface area contributed by atoms with Crippen LogP contribution in [0.1, 0.15) is 85.0 Å². The van der Waals surface area contributed by atoms with Crippen LogP contribution in [0.15, 0.2) is 12.2 Å². The number of aliphatic hydroxyl groups excluding tert-OH is 2. The zero-order valence-electron chi connectivity index (χ0n) is 21.4. The molecule has 2 spiro atoms. The Balaban J connectivity index is 1.54. The Bertz CT molecular complexity index is 913. The van der Waals surface area contributed by atoms with E-state index >= 15 is 0 Å². The lowest BCUT2D eigenvalue weighted by Crippen LogP contribution is -2.85. The molecule has 2 aliphatic heterocycles. The van der Waals surface area contributed by atoms with Crippen molar-refractivity contribution in [1.82, 2.24) is 0 Å². The van der Waals surface area contributed by atoms with E-state index in [1.165, 1.54) is 0 Å². The van der Waals surface area contributed by atoms with Crippen molar-refractivity contribution in [3.63, 3.8) is 0 Å². The minimum absolute atomic E-state index is 0.0742. The van der Waals surface area contributed by atoms with Crippen LogP contribution in [0.3, 0.4) is 0 Å².